The molecule has 0 bridgehead atoms. The molecular formula is C22H19ClN5OS-. The van der Waals surface area contributed by atoms with Crippen LogP contribution in [0.3, 0.4) is 0 Å². The Bertz CT molecular complexity index is 1270. The van der Waals surface area contributed by atoms with E-state index in [2.05, 4.69) is 16.0 Å². The second-order valence-corrected chi connectivity index (χ2v) is 7.99. The van der Waals surface area contributed by atoms with E-state index in [0.29, 0.717) is 21.8 Å². The molecule has 0 amide bonds. The van der Waals surface area contributed by atoms with Crippen molar-refractivity contribution in [3.8, 4) is 21.8 Å². The quantitative estimate of drug-likeness (QED) is 0.307. The third kappa shape index (κ3) is 3.52. The van der Waals surface area contributed by atoms with E-state index in [1.54, 1.807) is 25.2 Å². The first kappa shape index (κ1) is 20.3. The summed E-state index contributed by atoms with van der Waals surface area (Å²) in [6, 6.07) is 11.1. The molecule has 0 saturated carbocycles. The van der Waals surface area contributed by atoms with Gasteiger partial charge in [-0.2, -0.15) is 5.10 Å². The molecule has 0 radical (unpaired) electrons. The first-order chi connectivity index (χ1) is 14.6. The number of hydrogen-bond acceptors (Lipinski definition) is 5. The highest BCUT2D eigenvalue weighted by Crippen LogP contribution is 2.41. The van der Waals surface area contributed by atoms with E-state index in [0.717, 1.165) is 38.6 Å². The van der Waals surface area contributed by atoms with Crippen molar-refractivity contribution in [1.82, 2.24) is 20.0 Å². The first-order valence-corrected chi connectivity index (χ1v) is 10.5. The second-order valence-electron chi connectivity index (χ2n) is 6.58. The number of halogens is 1. The number of benzene rings is 1. The van der Waals surface area contributed by atoms with Crippen molar-refractivity contribution in [2.75, 3.05) is 7.05 Å². The molecule has 0 saturated heterocycles. The summed E-state index contributed by atoms with van der Waals surface area (Å²) in [4.78, 5) is 17.2. The first-order valence-electron chi connectivity index (χ1n) is 9.29. The van der Waals surface area contributed by atoms with Gasteiger partial charge in [0.25, 0.3) is 0 Å². The fraction of sp³-hybridized carbons (Fsp3) is 0.136. The normalized spacial score (nSPS) is 11.8. The van der Waals surface area contributed by atoms with Crippen LogP contribution in [-0.2, 0) is 0 Å². The van der Waals surface area contributed by atoms with Gasteiger partial charge < -0.3 is 10.9 Å². The van der Waals surface area contributed by atoms with Gasteiger partial charge in [-0.1, -0.05) is 29.8 Å². The van der Waals surface area contributed by atoms with Gasteiger partial charge in [-0.3, -0.25) is 4.79 Å². The number of allylic oxidation sites excluding steroid dienone is 1. The Morgan fingerprint density at radius 1 is 1.30 bits per heavy atom. The van der Waals surface area contributed by atoms with Gasteiger partial charge in [0.2, 0.25) is 0 Å². The summed E-state index contributed by atoms with van der Waals surface area (Å²) in [6.45, 7) is 3.90. The average Bonchev–Trinajstić information content (AvgIpc) is 3.32. The number of carbonyl (C=O) groups excluding carboxylic acids is 1. The van der Waals surface area contributed by atoms with Crippen LogP contribution >= 0.6 is 22.9 Å². The van der Waals surface area contributed by atoms with E-state index in [4.69, 9.17) is 16.6 Å². The Labute approximate surface area is 183 Å². The van der Waals surface area contributed by atoms with Crippen LogP contribution in [0, 0.1) is 6.92 Å². The lowest BCUT2D eigenvalue weighted by Gasteiger charge is -2.20. The number of rotatable bonds is 6. The number of fused-ring (bicyclic) bond motifs is 1. The molecular weight excluding hydrogens is 418 g/mol. The number of aryl methyl sites for hydroxylation is 1. The van der Waals surface area contributed by atoms with E-state index in [1.165, 1.54) is 11.3 Å². The molecule has 0 spiro atoms. The van der Waals surface area contributed by atoms with Crippen LogP contribution < -0.4 is 5.43 Å². The molecule has 0 atom stereocenters. The SMILES string of the molecule is CC=C(N[N-]C)c1sc(-c2c(C)nn3ccccc23)nc1-c1cc(C=O)ccc1Cl. The molecule has 3 aromatic heterocycles. The second kappa shape index (κ2) is 8.39. The third-order valence-corrected chi connectivity index (χ3v) is 6.14. The number of aldehydes is 1. The fourth-order valence-corrected chi connectivity index (χ4v) is 4.76. The minimum atomic E-state index is 0.527. The summed E-state index contributed by atoms with van der Waals surface area (Å²) >= 11 is 8.05. The molecule has 30 heavy (non-hydrogen) atoms. The smallest absolute Gasteiger partial charge is 0.150 e. The van der Waals surface area contributed by atoms with E-state index < -0.39 is 0 Å². The number of pyridine rings is 1. The highest BCUT2D eigenvalue weighted by Gasteiger charge is 2.22. The molecule has 0 aliphatic rings. The Balaban J connectivity index is 2.00. The lowest BCUT2D eigenvalue weighted by atomic mass is 10.1. The van der Waals surface area contributed by atoms with Crippen molar-refractivity contribution < 1.29 is 4.79 Å². The lowest BCUT2D eigenvalue weighted by molar-refractivity contribution is 0.112. The van der Waals surface area contributed by atoms with Crippen LogP contribution in [-0.4, -0.2) is 27.9 Å². The molecule has 1 aromatic carbocycles. The predicted molar refractivity (Wildman–Crippen MR) is 123 cm³/mol. The molecule has 4 rings (SSSR count). The molecule has 4 aromatic rings. The molecule has 0 unspecified atom stereocenters. The minimum absolute atomic E-state index is 0.527. The Morgan fingerprint density at radius 3 is 2.87 bits per heavy atom. The number of carbonyl (C=O) groups is 1. The zero-order chi connectivity index (χ0) is 21.3. The van der Waals surface area contributed by atoms with Crippen LogP contribution in [0.25, 0.3) is 38.5 Å². The molecule has 1 N–H and O–H groups in total. The van der Waals surface area contributed by atoms with Crippen LogP contribution in [0.2, 0.25) is 5.02 Å². The van der Waals surface area contributed by atoms with Gasteiger partial charge in [0.15, 0.2) is 0 Å². The van der Waals surface area contributed by atoms with Gasteiger partial charge in [-0.25, -0.2) is 9.50 Å². The van der Waals surface area contributed by atoms with E-state index >= 15 is 0 Å². The molecule has 6 nitrogen and oxygen atoms in total. The van der Waals surface area contributed by atoms with Crippen LogP contribution in [0.15, 0.2) is 48.7 Å². The Kier molecular flexibility index (Phi) is 5.67. The van der Waals surface area contributed by atoms with E-state index in [-0.39, 0.29) is 0 Å². The number of hydrogen-bond donors (Lipinski definition) is 1. The highest BCUT2D eigenvalue weighted by atomic mass is 35.5. The predicted octanol–water partition coefficient (Wildman–Crippen LogP) is 5.77. The summed E-state index contributed by atoms with van der Waals surface area (Å²) in [5.41, 5.74) is 12.7. The van der Waals surface area contributed by atoms with Crippen molar-refractivity contribution >= 4 is 40.4 Å². The van der Waals surface area contributed by atoms with E-state index in [9.17, 15) is 4.79 Å². The molecule has 3 heterocycles. The average molecular weight is 437 g/mol. The minimum Gasteiger partial charge on any atom is -0.574 e. The number of aromatic nitrogens is 3. The Morgan fingerprint density at radius 2 is 2.13 bits per heavy atom. The number of thiazole rings is 1. The highest BCUT2D eigenvalue weighted by molar-refractivity contribution is 7.16. The monoisotopic (exact) mass is 436 g/mol. The maximum absolute atomic E-state index is 11.4. The van der Waals surface area contributed by atoms with Crippen LogP contribution in [0.4, 0.5) is 0 Å². The van der Waals surface area contributed by atoms with Crippen molar-refractivity contribution in [1.29, 1.82) is 0 Å². The molecule has 152 valence electrons. The van der Waals surface area contributed by atoms with Gasteiger partial charge in [0, 0.05) is 23.0 Å². The van der Waals surface area contributed by atoms with E-state index in [1.807, 2.05) is 48.8 Å². The zero-order valence-corrected chi connectivity index (χ0v) is 18.3. The molecule has 8 heteroatoms. The third-order valence-electron chi connectivity index (χ3n) is 4.70. The van der Waals surface area contributed by atoms with Gasteiger partial charge >= 0.3 is 0 Å². The Hall–Kier alpha value is -3.00. The van der Waals surface area contributed by atoms with Gasteiger partial charge in [0.1, 0.15) is 11.3 Å². The van der Waals surface area contributed by atoms with Gasteiger partial charge in [0.05, 0.1) is 32.4 Å². The number of nitrogens with one attached hydrogen (secondary N) is 1. The standard InChI is InChI=1S/C22H19ClN5OS/c1-4-17(26-24-3)21-20(15-11-14(12-29)8-9-16(15)23)25-22(30-21)19-13(2)27-28-10-6-5-7-18(19)28/h4-12,26H,1-3H3/q-1. The van der Waals surface area contributed by atoms with Crippen LogP contribution in [0.5, 0.6) is 0 Å². The summed E-state index contributed by atoms with van der Waals surface area (Å²) < 4.78 is 1.85. The summed E-state index contributed by atoms with van der Waals surface area (Å²) in [7, 11) is 1.68. The fourth-order valence-electron chi connectivity index (χ4n) is 3.34. The van der Waals surface area contributed by atoms with Crippen LogP contribution in [0.1, 0.15) is 27.9 Å². The van der Waals surface area contributed by atoms with Crippen molar-refractivity contribution in [3.05, 3.63) is 75.3 Å². The maximum atomic E-state index is 11.4. The largest absolute Gasteiger partial charge is 0.574 e. The maximum Gasteiger partial charge on any atom is 0.150 e. The lowest BCUT2D eigenvalue weighted by Crippen LogP contribution is -2.04. The molecule has 0 aliphatic carbocycles. The van der Waals surface area contributed by atoms with Gasteiger partial charge in [-0.15, -0.1) is 18.4 Å². The number of nitrogens with zero attached hydrogens (tertiary/aromatic N) is 4. The zero-order valence-electron chi connectivity index (χ0n) is 16.7. The van der Waals surface area contributed by atoms with Gasteiger partial charge in [-0.05, 0) is 38.1 Å². The summed E-state index contributed by atoms with van der Waals surface area (Å²) in [6.07, 6.45) is 4.66. The summed E-state index contributed by atoms with van der Waals surface area (Å²) in [5.74, 6) is 0. The van der Waals surface area contributed by atoms with Crippen molar-refractivity contribution in [2.45, 2.75) is 13.8 Å². The van der Waals surface area contributed by atoms with Crippen molar-refractivity contribution in [3.63, 3.8) is 0 Å². The summed E-state index contributed by atoms with van der Waals surface area (Å²) in [5, 5.41) is 5.96. The topological polar surface area (TPSA) is 73.4 Å². The molecule has 0 fully saturated rings. The molecule has 0 aliphatic heterocycles. The van der Waals surface area contributed by atoms with Crippen molar-refractivity contribution in [2.24, 2.45) is 0 Å².